The van der Waals surface area contributed by atoms with E-state index < -0.39 is 5.82 Å². The van der Waals surface area contributed by atoms with Crippen LogP contribution in [0.2, 0.25) is 5.02 Å². The molecule has 0 aliphatic carbocycles. The van der Waals surface area contributed by atoms with Crippen LogP contribution in [-0.4, -0.2) is 0 Å². The van der Waals surface area contributed by atoms with E-state index in [9.17, 15) is 4.39 Å². The van der Waals surface area contributed by atoms with Crippen molar-refractivity contribution in [2.45, 2.75) is 6.92 Å². The second-order valence-corrected chi connectivity index (χ2v) is 3.41. The number of allylic oxidation sites excluding steroid dienone is 1. The maximum atomic E-state index is 13.4. The molecule has 0 saturated heterocycles. The van der Waals surface area contributed by atoms with Crippen molar-refractivity contribution in [1.29, 1.82) is 10.5 Å². The van der Waals surface area contributed by atoms with E-state index in [1.165, 1.54) is 12.1 Å². The van der Waals surface area contributed by atoms with Crippen LogP contribution in [0.5, 0.6) is 0 Å². The largest absolute Gasteiger partial charge is 0.357 e. The van der Waals surface area contributed by atoms with Gasteiger partial charge in [-0.1, -0.05) is 11.6 Å². The Bertz CT molecular complexity index is 507. The van der Waals surface area contributed by atoms with Crippen molar-refractivity contribution in [1.82, 2.24) is 0 Å². The Hall–Kier alpha value is -2.04. The molecule has 0 saturated carbocycles. The van der Waals surface area contributed by atoms with Gasteiger partial charge in [0.2, 0.25) is 0 Å². The standard InChI is InChI=1S/C11H7ClFN3/c1-7-2-10(13)11(3-9(7)12)16-6-8(4-14)5-15/h2-3,6,16H,1H3. The van der Waals surface area contributed by atoms with Crippen LogP contribution in [0.15, 0.2) is 23.9 Å². The lowest BCUT2D eigenvalue weighted by atomic mass is 10.2. The molecule has 0 heterocycles. The molecule has 5 heteroatoms. The predicted octanol–water partition coefficient (Wildman–Crippen LogP) is 3.13. The maximum absolute atomic E-state index is 13.4. The molecule has 0 spiro atoms. The number of nitrogens with zero attached hydrogens (tertiary/aromatic N) is 2. The van der Waals surface area contributed by atoms with Gasteiger partial charge in [-0.25, -0.2) is 4.39 Å². The summed E-state index contributed by atoms with van der Waals surface area (Å²) >= 11 is 5.81. The SMILES string of the molecule is Cc1cc(F)c(NC=C(C#N)C#N)cc1Cl. The molecule has 16 heavy (non-hydrogen) atoms. The second kappa shape index (κ2) is 5.16. The molecule has 0 bridgehead atoms. The summed E-state index contributed by atoms with van der Waals surface area (Å²) in [7, 11) is 0. The minimum Gasteiger partial charge on any atom is -0.357 e. The zero-order valence-corrected chi connectivity index (χ0v) is 9.14. The summed E-state index contributed by atoms with van der Waals surface area (Å²) in [6.07, 6.45) is 1.13. The number of nitrogens with one attached hydrogen (secondary N) is 1. The maximum Gasteiger partial charge on any atom is 0.146 e. The van der Waals surface area contributed by atoms with Crippen LogP contribution in [-0.2, 0) is 0 Å². The van der Waals surface area contributed by atoms with Gasteiger partial charge in [-0.3, -0.25) is 0 Å². The Balaban J connectivity index is 3.01. The normalized spacial score (nSPS) is 8.81. The Labute approximate surface area is 97.4 Å². The monoisotopic (exact) mass is 235 g/mol. The molecule has 80 valence electrons. The fraction of sp³-hybridized carbons (Fsp3) is 0.0909. The lowest BCUT2D eigenvalue weighted by Crippen LogP contribution is -1.94. The summed E-state index contributed by atoms with van der Waals surface area (Å²) < 4.78 is 13.4. The summed E-state index contributed by atoms with van der Waals surface area (Å²) in [5, 5.41) is 19.9. The third kappa shape index (κ3) is 2.73. The van der Waals surface area contributed by atoms with E-state index in [1.807, 2.05) is 0 Å². The fourth-order valence-electron chi connectivity index (χ4n) is 0.996. The van der Waals surface area contributed by atoms with E-state index in [0.717, 1.165) is 6.20 Å². The number of rotatable bonds is 2. The highest BCUT2D eigenvalue weighted by Crippen LogP contribution is 2.23. The van der Waals surface area contributed by atoms with Gasteiger partial charge in [0, 0.05) is 11.2 Å². The lowest BCUT2D eigenvalue weighted by Gasteiger charge is -2.05. The predicted molar refractivity (Wildman–Crippen MR) is 59.1 cm³/mol. The Kier molecular flexibility index (Phi) is 3.88. The topological polar surface area (TPSA) is 59.6 Å². The summed E-state index contributed by atoms with van der Waals surface area (Å²) in [6, 6.07) is 5.97. The average molecular weight is 236 g/mol. The Morgan fingerprint density at radius 2 is 2.06 bits per heavy atom. The zero-order chi connectivity index (χ0) is 12.1. The van der Waals surface area contributed by atoms with Crippen molar-refractivity contribution in [3.05, 3.63) is 40.3 Å². The molecule has 0 amide bonds. The van der Waals surface area contributed by atoms with Crippen LogP contribution in [0, 0.1) is 35.4 Å². The first kappa shape index (κ1) is 12.0. The smallest absolute Gasteiger partial charge is 0.146 e. The first-order chi connectivity index (χ1) is 7.58. The molecule has 0 radical (unpaired) electrons. The van der Waals surface area contributed by atoms with Crippen LogP contribution in [0.25, 0.3) is 0 Å². The van der Waals surface area contributed by atoms with Gasteiger partial charge >= 0.3 is 0 Å². The minimum atomic E-state index is -0.492. The molecule has 1 N–H and O–H groups in total. The molecule has 1 aromatic rings. The number of nitriles is 2. The fourth-order valence-corrected chi connectivity index (χ4v) is 1.16. The Morgan fingerprint density at radius 1 is 1.44 bits per heavy atom. The van der Waals surface area contributed by atoms with Gasteiger partial charge in [-0.05, 0) is 24.6 Å². The van der Waals surface area contributed by atoms with E-state index in [-0.39, 0.29) is 11.3 Å². The molecule has 0 aliphatic rings. The number of aryl methyl sites for hydroxylation is 1. The summed E-state index contributed by atoms with van der Waals surface area (Å²) in [5.74, 6) is -0.492. The molecule has 0 aliphatic heterocycles. The van der Waals surface area contributed by atoms with Gasteiger partial charge < -0.3 is 5.32 Å². The third-order valence-corrected chi connectivity index (χ3v) is 2.27. The van der Waals surface area contributed by atoms with E-state index in [1.54, 1.807) is 19.1 Å². The van der Waals surface area contributed by atoms with Gasteiger partial charge in [0.05, 0.1) is 5.69 Å². The van der Waals surface area contributed by atoms with E-state index >= 15 is 0 Å². The molecule has 0 atom stereocenters. The second-order valence-electron chi connectivity index (χ2n) is 3.01. The summed E-state index contributed by atoms with van der Waals surface area (Å²) in [5.41, 5.74) is 0.601. The summed E-state index contributed by atoms with van der Waals surface area (Å²) in [6.45, 7) is 1.68. The first-order valence-electron chi connectivity index (χ1n) is 4.31. The highest BCUT2D eigenvalue weighted by molar-refractivity contribution is 6.31. The number of anilines is 1. The number of hydrogen-bond acceptors (Lipinski definition) is 3. The number of benzene rings is 1. The first-order valence-corrected chi connectivity index (χ1v) is 4.69. The van der Waals surface area contributed by atoms with E-state index in [4.69, 9.17) is 22.1 Å². The van der Waals surface area contributed by atoms with Crippen LogP contribution in [0.1, 0.15) is 5.56 Å². The lowest BCUT2D eigenvalue weighted by molar-refractivity contribution is 0.630. The van der Waals surface area contributed by atoms with Crippen LogP contribution >= 0.6 is 11.6 Å². The zero-order valence-electron chi connectivity index (χ0n) is 8.38. The molecule has 3 nitrogen and oxygen atoms in total. The highest BCUT2D eigenvalue weighted by atomic mass is 35.5. The molecule has 1 rings (SSSR count). The molecule has 0 unspecified atom stereocenters. The molecular weight excluding hydrogens is 229 g/mol. The average Bonchev–Trinajstić information content (AvgIpc) is 2.26. The number of halogens is 2. The van der Waals surface area contributed by atoms with Crippen molar-refractivity contribution in [3.8, 4) is 12.1 Å². The Morgan fingerprint density at radius 3 is 2.62 bits per heavy atom. The minimum absolute atomic E-state index is 0.124. The quantitative estimate of drug-likeness (QED) is 0.801. The van der Waals surface area contributed by atoms with Crippen molar-refractivity contribution in [3.63, 3.8) is 0 Å². The van der Waals surface area contributed by atoms with Crippen molar-refractivity contribution in [2.24, 2.45) is 0 Å². The van der Waals surface area contributed by atoms with E-state index in [2.05, 4.69) is 5.32 Å². The molecule has 0 aromatic heterocycles. The highest BCUT2D eigenvalue weighted by Gasteiger charge is 2.05. The van der Waals surface area contributed by atoms with Gasteiger partial charge in [0.1, 0.15) is 23.5 Å². The van der Waals surface area contributed by atoms with Crippen LogP contribution in [0.3, 0.4) is 0 Å². The van der Waals surface area contributed by atoms with Crippen molar-refractivity contribution in [2.75, 3.05) is 5.32 Å². The molecule has 0 fully saturated rings. The summed E-state index contributed by atoms with van der Waals surface area (Å²) in [4.78, 5) is 0. The molecule has 1 aromatic carbocycles. The number of hydrogen-bond donors (Lipinski definition) is 1. The van der Waals surface area contributed by atoms with Crippen molar-refractivity contribution >= 4 is 17.3 Å². The van der Waals surface area contributed by atoms with Crippen molar-refractivity contribution < 1.29 is 4.39 Å². The van der Waals surface area contributed by atoms with Gasteiger partial charge in [0.15, 0.2) is 0 Å². The van der Waals surface area contributed by atoms with E-state index in [0.29, 0.717) is 10.6 Å². The van der Waals surface area contributed by atoms with Crippen LogP contribution < -0.4 is 5.32 Å². The third-order valence-electron chi connectivity index (χ3n) is 1.86. The van der Waals surface area contributed by atoms with Gasteiger partial charge in [-0.15, -0.1) is 0 Å². The van der Waals surface area contributed by atoms with Gasteiger partial charge in [-0.2, -0.15) is 10.5 Å². The van der Waals surface area contributed by atoms with Gasteiger partial charge in [0.25, 0.3) is 0 Å². The molecular formula is C11H7ClFN3. The van der Waals surface area contributed by atoms with Crippen LogP contribution in [0.4, 0.5) is 10.1 Å².